The summed E-state index contributed by atoms with van der Waals surface area (Å²) in [7, 11) is 0. The van der Waals surface area contributed by atoms with E-state index in [1.165, 1.54) is 0 Å². The first-order valence-electron chi connectivity index (χ1n) is 7.13. The van der Waals surface area contributed by atoms with Crippen molar-refractivity contribution in [2.75, 3.05) is 32.7 Å². The number of halogens is 1. The Morgan fingerprint density at radius 1 is 1.35 bits per heavy atom. The molecular weight excluding hydrogens is 318 g/mol. The minimum absolute atomic E-state index is 0.0423. The molecule has 0 aliphatic carbocycles. The Hall–Kier alpha value is -0.910. The largest absolute Gasteiger partial charge is 0.348 e. The monoisotopic (exact) mass is 339 g/mol. The predicted molar refractivity (Wildman–Crippen MR) is 84.6 cm³/mol. The van der Waals surface area contributed by atoms with Gasteiger partial charge in [-0.05, 0) is 44.1 Å². The van der Waals surface area contributed by atoms with E-state index in [4.69, 9.17) is 0 Å². The zero-order chi connectivity index (χ0) is 14.4. The van der Waals surface area contributed by atoms with E-state index in [1.54, 1.807) is 0 Å². The van der Waals surface area contributed by atoms with Gasteiger partial charge in [-0.1, -0.05) is 28.1 Å². The lowest BCUT2D eigenvalue weighted by Gasteiger charge is -2.21. The number of carbonyl (C=O) groups is 1. The van der Waals surface area contributed by atoms with Gasteiger partial charge in [0.2, 0.25) is 5.91 Å². The van der Waals surface area contributed by atoms with Crippen molar-refractivity contribution < 1.29 is 4.79 Å². The summed E-state index contributed by atoms with van der Waals surface area (Å²) in [5.74, 6) is 0.0994. The Bertz CT molecular complexity index is 427. The zero-order valence-electron chi connectivity index (χ0n) is 11.9. The third-order valence-corrected chi connectivity index (χ3v) is 4.08. The van der Waals surface area contributed by atoms with Crippen molar-refractivity contribution in [2.45, 2.75) is 19.4 Å². The van der Waals surface area contributed by atoms with Crippen molar-refractivity contribution in [1.82, 2.24) is 15.5 Å². The maximum absolute atomic E-state index is 12.1. The molecule has 0 radical (unpaired) electrons. The van der Waals surface area contributed by atoms with E-state index < -0.39 is 0 Å². The molecule has 1 aromatic carbocycles. The fourth-order valence-corrected chi connectivity index (χ4v) is 2.65. The van der Waals surface area contributed by atoms with Crippen LogP contribution in [0.3, 0.4) is 0 Å². The Morgan fingerprint density at radius 2 is 2.10 bits per heavy atom. The van der Waals surface area contributed by atoms with Gasteiger partial charge in [-0.25, -0.2) is 0 Å². The Kier molecular flexibility index (Phi) is 6.01. The average Bonchev–Trinajstić information content (AvgIpc) is 2.68. The smallest absolute Gasteiger partial charge is 0.234 e. The Balaban J connectivity index is 1.82. The van der Waals surface area contributed by atoms with Gasteiger partial charge < -0.3 is 10.6 Å². The van der Waals surface area contributed by atoms with Crippen molar-refractivity contribution in [3.63, 3.8) is 0 Å². The van der Waals surface area contributed by atoms with Crippen molar-refractivity contribution >= 4 is 21.8 Å². The Labute approximate surface area is 129 Å². The van der Waals surface area contributed by atoms with E-state index in [0.717, 1.165) is 42.6 Å². The number of hydrogen-bond donors (Lipinski definition) is 2. The van der Waals surface area contributed by atoms with E-state index in [0.29, 0.717) is 6.54 Å². The number of nitrogens with zero attached hydrogens (tertiary/aromatic N) is 1. The lowest BCUT2D eigenvalue weighted by molar-refractivity contribution is -0.122. The van der Waals surface area contributed by atoms with Crippen LogP contribution in [0.2, 0.25) is 0 Å². The first-order valence-corrected chi connectivity index (χ1v) is 7.92. The van der Waals surface area contributed by atoms with Crippen molar-refractivity contribution in [2.24, 2.45) is 0 Å². The summed E-state index contributed by atoms with van der Waals surface area (Å²) in [5, 5.41) is 6.41. The summed E-state index contributed by atoms with van der Waals surface area (Å²) in [6.07, 6.45) is 1.11. The van der Waals surface area contributed by atoms with Gasteiger partial charge in [0.05, 0.1) is 12.6 Å². The molecule has 2 rings (SSSR count). The SMILES string of the molecule is C[C@@H](NC(=O)CN1CCCNCC1)c1ccc(Br)cc1. The molecule has 0 saturated carbocycles. The number of hydrogen-bond acceptors (Lipinski definition) is 3. The van der Waals surface area contributed by atoms with Crippen LogP contribution >= 0.6 is 15.9 Å². The Morgan fingerprint density at radius 3 is 2.85 bits per heavy atom. The van der Waals surface area contributed by atoms with Crippen LogP contribution in [0.15, 0.2) is 28.7 Å². The second-order valence-electron chi connectivity index (χ2n) is 5.22. The number of amides is 1. The van der Waals surface area contributed by atoms with Crippen LogP contribution in [0.5, 0.6) is 0 Å². The highest BCUT2D eigenvalue weighted by atomic mass is 79.9. The molecule has 1 aliphatic heterocycles. The molecule has 1 saturated heterocycles. The first-order chi connectivity index (χ1) is 9.65. The number of nitrogens with one attached hydrogen (secondary N) is 2. The van der Waals surface area contributed by atoms with Crippen LogP contribution in [0.4, 0.5) is 0 Å². The molecule has 1 aromatic rings. The molecular formula is C15H22BrN3O. The van der Waals surface area contributed by atoms with Gasteiger partial charge in [0.1, 0.15) is 0 Å². The van der Waals surface area contributed by atoms with Crippen LogP contribution in [0.1, 0.15) is 24.9 Å². The third-order valence-electron chi connectivity index (χ3n) is 3.55. The van der Waals surface area contributed by atoms with Gasteiger partial charge in [-0.3, -0.25) is 9.69 Å². The van der Waals surface area contributed by atoms with Gasteiger partial charge in [-0.15, -0.1) is 0 Å². The number of carbonyl (C=O) groups excluding carboxylic acids is 1. The summed E-state index contributed by atoms with van der Waals surface area (Å²) < 4.78 is 1.05. The van der Waals surface area contributed by atoms with E-state index in [2.05, 4.69) is 31.5 Å². The molecule has 1 atom stereocenters. The first kappa shape index (κ1) is 15.5. The lowest BCUT2D eigenvalue weighted by atomic mass is 10.1. The summed E-state index contributed by atoms with van der Waals surface area (Å²) in [5.41, 5.74) is 1.12. The van der Waals surface area contributed by atoms with Gasteiger partial charge in [-0.2, -0.15) is 0 Å². The van der Waals surface area contributed by atoms with E-state index in [9.17, 15) is 4.79 Å². The lowest BCUT2D eigenvalue weighted by Crippen LogP contribution is -2.39. The maximum atomic E-state index is 12.1. The molecule has 110 valence electrons. The molecule has 0 spiro atoms. The van der Waals surface area contributed by atoms with Crippen LogP contribution < -0.4 is 10.6 Å². The van der Waals surface area contributed by atoms with Crippen LogP contribution in [0, 0.1) is 0 Å². The standard InChI is InChI=1S/C15H22BrN3O/c1-12(13-3-5-14(16)6-4-13)18-15(20)11-19-9-2-7-17-8-10-19/h3-6,12,17H,2,7-11H2,1H3,(H,18,20)/t12-/m1/s1. The molecule has 4 nitrogen and oxygen atoms in total. The molecule has 0 aromatic heterocycles. The average molecular weight is 340 g/mol. The van der Waals surface area contributed by atoms with Crippen molar-refractivity contribution in [3.05, 3.63) is 34.3 Å². The van der Waals surface area contributed by atoms with Gasteiger partial charge in [0.15, 0.2) is 0 Å². The highest BCUT2D eigenvalue weighted by molar-refractivity contribution is 9.10. The summed E-state index contributed by atoms with van der Waals surface area (Å²) in [6.45, 7) is 6.46. The summed E-state index contributed by atoms with van der Waals surface area (Å²) in [4.78, 5) is 14.3. The molecule has 2 N–H and O–H groups in total. The zero-order valence-corrected chi connectivity index (χ0v) is 13.4. The van der Waals surface area contributed by atoms with Crippen LogP contribution in [-0.2, 0) is 4.79 Å². The second-order valence-corrected chi connectivity index (χ2v) is 6.14. The molecule has 1 aliphatic rings. The van der Waals surface area contributed by atoms with Crippen LogP contribution in [0.25, 0.3) is 0 Å². The molecule has 5 heteroatoms. The van der Waals surface area contributed by atoms with Crippen LogP contribution in [-0.4, -0.2) is 43.5 Å². The number of benzene rings is 1. The van der Waals surface area contributed by atoms with Crippen molar-refractivity contribution in [1.29, 1.82) is 0 Å². The summed E-state index contributed by atoms with van der Waals surface area (Å²) in [6, 6.07) is 8.10. The molecule has 1 heterocycles. The third kappa shape index (κ3) is 4.89. The van der Waals surface area contributed by atoms with E-state index in [-0.39, 0.29) is 11.9 Å². The van der Waals surface area contributed by atoms with Gasteiger partial charge >= 0.3 is 0 Å². The molecule has 20 heavy (non-hydrogen) atoms. The fourth-order valence-electron chi connectivity index (χ4n) is 2.38. The van der Waals surface area contributed by atoms with E-state index >= 15 is 0 Å². The maximum Gasteiger partial charge on any atom is 0.234 e. The van der Waals surface area contributed by atoms with E-state index in [1.807, 2.05) is 31.2 Å². The minimum atomic E-state index is 0.0423. The number of rotatable bonds is 4. The molecule has 0 unspecified atom stereocenters. The predicted octanol–water partition coefficient (Wildman–Crippen LogP) is 1.92. The highest BCUT2D eigenvalue weighted by Crippen LogP contribution is 2.16. The summed E-state index contributed by atoms with van der Waals surface area (Å²) >= 11 is 3.42. The molecule has 1 fully saturated rings. The topological polar surface area (TPSA) is 44.4 Å². The second kappa shape index (κ2) is 7.76. The quantitative estimate of drug-likeness (QED) is 0.880. The fraction of sp³-hybridized carbons (Fsp3) is 0.533. The molecule has 0 bridgehead atoms. The minimum Gasteiger partial charge on any atom is -0.348 e. The van der Waals surface area contributed by atoms with Gasteiger partial charge in [0, 0.05) is 17.6 Å². The van der Waals surface area contributed by atoms with Gasteiger partial charge in [0.25, 0.3) is 0 Å². The highest BCUT2D eigenvalue weighted by Gasteiger charge is 2.14. The normalized spacial score (nSPS) is 18.3. The molecule has 1 amide bonds. The van der Waals surface area contributed by atoms with Crippen molar-refractivity contribution in [3.8, 4) is 0 Å².